The molecule has 1 N–H and O–H groups in total. The van der Waals surface area contributed by atoms with Gasteiger partial charge >= 0.3 is 6.03 Å². The molecule has 0 saturated heterocycles. The van der Waals surface area contributed by atoms with Crippen molar-refractivity contribution in [3.8, 4) is 5.75 Å². The summed E-state index contributed by atoms with van der Waals surface area (Å²) in [7, 11) is 0. The second kappa shape index (κ2) is 12.2. The molecular formula is C27H39N3O3S. The second-order valence-electron chi connectivity index (χ2n) is 9.30. The van der Waals surface area contributed by atoms with E-state index in [2.05, 4.69) is 42.7 Å². The van der Waals surface area contributed by atoms with E-state index in [9.17, 15) is 9.59 Å². The first-order valence-electron chi connectivity index (χ1n) is 12.5. The Kier molecular flexibility index (Phi) is 9.39. The van der Waals surface area contributed by atoms with Crippen LogP contribution in [0.1, 0.15) is 75.4 Å². The molecule has 1 aliphatic rings. The molecule has 2 heterocycles. The lowest BCUT2D eigenvalue weighted by atomic mass is 10.00. The molecule has 0 spiro atoms. The van der Waals surface area contributed by atoms with Crippen molar-refractivity contribution in [2.75, 3.05) is 26.2 Å². The van der Waals surface area contributed by atoms with Crippen molar-refractivity contribution in [1.82, 2.24) is 15.1 Å². The SMILES string of the molecule is CCCNC(=O)N(CC(=O)N1CCc2sccc2[C@@H]1COc1ccc(C(C)C)cc1)[C@@H](C)CC. The van der Waals surface area contributed by atoms with Crippen LogP contribution in [0.5, 0.6) is 5.75 Å². The van der Waals surface area contributed by atoms with Crippen molar-refractivity contribution < 1.29 is 14.3 Å². The average molecular weight is 486 g/mol. The molecule has 3 rings (SSSR count). The molecule has 2 aromatic rings. The van der Waals surface area contributed by atoms with Crippen molar-refractivity contribution >= 4 is 23.3 Å². The molecular weight excluding hydrogens is 446 g/mol. The third-order valence-corrected chi connectivity index (χ3v) is 7.58. The van der Waals surface area contributed by atoms with Crippen LogP contribution in [0.4, 0.5) is 4.79 Å². The van der Waals surface area contributed by atoms with Gasteiger partial charge in [-0.3, -0.25) is 4.79 Å². The molecule has 0 saturated carbocycles. The first kappa shape index (κ1) is 26.1. The van der Waals surface area contributed by atoms with E-state index in [1.54, 1.807) is 16.2 Å². The van der Waals surface area contributed by atoms with Gasteiger partial charge in [0.1, 0.15) is 18.9 Å². The molecule has 186 valence electrons. The predicted molar refractivity (Wildman–Crippen MR) is 139 cm³/mol. The van der Waals surface area contributed by atoms with Crippen LogP contribution >= 0.6 is 11.3 Å². The Hall–Kier alpha value is -2.54. The molecule has 3 amide bonds. The summed E-state index contributed by atoms with van der Waals surface area (Å²) >= 11 is 1.74. The molecule has 1 aromatic carbocycles. The van der Waals surface area contributed by atoms with Crippen LogP contribution in [-0.4, -0.2) is 54.0 Å². The number of fused-ring (bicyclic) bond motifs is 1. The molecule has 0 unspecified atom stereocenters. The molecule has 0 bridgehead atoms. The Morgan fingerprint density at radius 2 is 1.91 bits per heavy atom. The van der Waals surface area contributed by atoms with E-state index in [4.69, 9.17) is 4.74 Å². The second-order valence-corrected chi connectivity index (χ2v) is 10.3. The highest BCUT2D eigenvalue weighted by molar-refractivity contribution is 7.10. The van der Waals surface area contributed by atoms with E-state index in [0.717, 1.165) is 30.6 Å². The highest BCUT2D eigenvalue weighted by Crippen LogP contribution is 2.34. The minimum atomic E-state index is -0.171. The van der Waals surface area contributed by atoms with Crippen molar-refractivity contribution in [1.29, 1.82) is 0 Å². The maximum atomic E-state index is 13.5. The molecule has 6 nitrogen and oxygen atoms in total. The lowest BCUT2D eigenvalue weighted by molar-refractivity contribution is -0.135. The number of benzene rings is 1. The van der Waals surface area contributed by atoms with Crippen LogP contribution in [0, 0.1) is 0 Å². The topological polar surface area (TPSA) is 61.9 Å². The standard InChI is InChI=1S/C27H39N3O3S/c1-6-14-28-27(32)30(20(5)7-2)17-26(31)29-15-12-25-23(13-16-34-25)24(29)18-33-22-10-8-21(9-11-22)19(3)4/h8-11,13,16,19-20,24H,6-7,12,14-15,17-18H2,1-5H3,(H,28,32)/t20-,24-/m0/s1. The fourth-order valence-electron chi connectivity index (χ4n) is 4.22. The van der Waals surface area contributed by atoms with Crippen LogP contribution in [0.25, 0.3) is 0 Å². The minimum absolute atomic E-state index is 0.0172. The third kappa shape index (κ3) is 6.32. The Balaban J connectivity index is 1.75. The van der Waals surface area contributed by atoms with Gasteiger partial charge in [-0.05, 0) is 66.8 Å². The van der Waals surface area contributed by atoms with Gasteiger partial charge in [0.05, 0.1) is 6.04 Å². The highest BCUT2D eigenvalue weighted by atomic mass is 32.1. The third-order valence-electron chi connectivity index (χ3n) is 6.59. The predicted octanol–water partition coefficient (Wildman–Crippen LogP) is 5.60. The summed E-state index contributed by atoms with van der Waals surface area (Å²) in [6.07, 6.45) is 2.49. The number of urea groups is 1. The molecule has 7 heteroatoms. The van der Waals surface area contributed by atoms with Crippen LogP contribution in [0.2, 0.25) is 0 Å². The normalized spacial score (nSPS) is 16.2. The first-order chi connectivity index (χ1) is 16.3. The number of hydrogen-bond acceptors (Lipinski definition) is 4. The van der Waals surface area contributed by atoms with Crippen molar-refractivity contribution in [3.05, 3.63) is 51.7 Å². The maximum Gasteiger partial charge on any atom is 0.318 e. The summed E-state index contributed by atoms with van der Waals surface area (Å²) in [5.41, 5.74) is 2.43. The number of amides is 3. The number of nitrogens with zero attached hydrogens (tertiary/aromatic N) is 2. The fourth-order valence-corrected chi connectivity index (χ4v) is 5.15. The number of nitrogens with one attached hydrogen (secondary N) is 1. The van der Waals surface area contributed by atoms with Gasteiger partial charge < -0.3 is 19.9 Å². The Morgan fingerprint density at radius 3 is 2.56 bits per heavy atom. The van der Waals surface area contributed by atoms with Crippen LogP contribution in [0.3, 0.4) is 0 Å². The van der Waals surface area contributed by atoms with Crippen molar-refractivity contribution in [3.63, 3.8) is 0 Å². The molecule has 0 fully saturated rings. The number of carbonyl (C=O) groups excluding carboxylic acids is 2. The van der Waals surface area contributed by atoms with E-state index in [1.807, 2.05) is 37.8 Å². The summed E-state index contributed by atoms with van der Waals surface area (Å²) in [6, 6.07) is 9.95. The van der Waals surface area contributed by atoms with E-state index in [0.29, 0.717) is 25.6 Å². The number of carbonyl (C=O) groups is 2. The van der Waals surface area contributed by atoms with E-state index in [1.165, 1.54) is 10.4 Å². The summed E-state index contributed by atoms with van der Waals surface area (Å²) in [5.74, 6) is 1.24. The number of rotatable bonds is 10. The Bertz CT molecular complexity index is 941. The highest BCUT2D eigenvalue weighted by Gasteiger charge is 2.34. The van der Waals surface area contributed by atoms with Gasteiger partial charge in [0.2, 0.25) is 5.91 Å². The summed E-state index contributed by atoms with van der Waals surface area (Å²) in [5, 5.41) is 5.02. The summed E-state index contributed by atoms with van der Waals surface area (Å²) < 4.78 is 6.18. The molecule has 1 aliphatic heterocycles. The van der Waals surface area contributed by atoms with Crippen molar-refractivity contribution in [2.45, 2.75) is 71.9 Å². The van der Waals surface area contributed by atoms with Gasteiger partial charge in [0.15, 0.2) is 0 Å². The van der Waals surface area contributed by atoms with Gasteiger partial charge in [0, 0.05) is 24.0 Å². The average Bonchev–Trinajstić information content (AvgIpc) is 3.33. The summed E-state index contributed by atoms with van der Waals surface area (Å²) in [4.78, 5) is 31.2. The largest absolute Gasteiger partial charge is 0.491 e. The molecule has 0 aliphatic carbocycles. The van der Waals surface area contributed by atoms with Gasteiger partial charge in [0.25, 0.3) is 0 Å². The van der Waals surface area contributed by atoms with Crippen LogP contribution in [-0.2, 0) is 11.2 Å². The fraction of sp³-hybridized carbons (Fsp3) is 0.556. The molecule has 1 aromatic heterocycles. The van der Waals surface area contributed by atoms with E-state index < -0.39 is 0 Å². The van der Waals surface area contributed by atoms with Gasteiger partial charge in [-0.15, -0.1) is 11.3 Å². The van der Waals surface area contributed by atoms with Gasteiger partial charge in [-0.1, -0.05) is 39.8 Å². The smallest absolute Gasteiger partial charge is 0.318 e. The number of thiophene rings is 1. The van der Waals surface area contributed by atoms with Gasteiger partial charge in [-0.25, -0.2) is 4.79 Å². The van der Waals surface area contributed by atoms with Crippen molar-refractivity contribution in [2.24, 2.45) is 0 Å². The van der Waals surface area contributed by atoms with Crippen LogP contribution in [0.15, 0.2) is 35.7 Å². The van der Waals surface area contributed by atoms with E-state index in [-0.39, 0.29) is 30.6 Å². The molecule has 0 radical (unpaired) electrons. The monoisotopic (exact) mass is 485 g/mol. The maximum absolute atomic E-state index is 13.5. The van der Waals surface area contributed by atoms with Gasteiger partial charge in [-0.2, -0.15) is 0 Å². The minimum Gasteiger partial charge on any atom is -0.491 e. The quantitative estimate of drug-likeness (QED) is 0.477. The lowest BCUT2D eigenvalue weighted by Gasteiger charge is -2.38. The molecule has 2 atom stereocenters. The zero-order valence-electron chi connectivity index (χ0n) is 21.2. The summed E-state index contributed by atoms with van der Waals surface area (Å²) in [6.45, 7) is 12.1. The lowest BCUT2D eigenvalue weighted by Crippen LogP contribution is -2.52. The Labute approximate surface area is 208 Å². The zero-order chi connectivity index (χ0) is 24.7. The zero-order valence-corrected chi connectivity index (χ0v) is 22.0. The first-order valence-corrected chi connectivity index (χ1v) is 13.4. The number of ether oxygens (including phenoxy) is 1. The Morgan fingerprint density at radius 1 is 1.18 bits per heavy atom. The molecule has 34 heavy (non-hydrogen) atoms. The number of hydrogen-bond donors (Lipinski definition) is 1. The van der Waals surface area contributed by atoms with Crippen LogP contribution < -0.4 is 10.1 Å². The van der Waals surface area contributed by atoms with E-state index >= 15 is 0 Å².